The molecule has 2 aromatic rings. The van der Waals surface area contributed by atoms with E-state index in [2.05, 4.69) is 6.58 Å². The largest absolute Gasteiger partial charge is 0.624 e. The van der Waals surface area contributed by atoms with Crippen LogP contribution in [0.15, 0.2) is 55.1 Å². The lowest BCUT2D eigenvalue weighted by Gasteiger charge is -2.08. The second kappa shape index (κ2) is 7.46. The second-order valence-electron chi connectivity index (χ2n) is 5.39. The molecule has 2 aromatic carbocycles. The van der Waals surface area contributed by atoms with Gasteiger partial charge in [0.25, 0.3) is 0 Å². The maximum absolute atomic E-state index is 11.6. The van der Waals surface area contributed by atoms with E-state index in [4.69, 9.17) is 4.74 Å². The Morgan fingerprint density at radius 3 is 2.18 bits per heavy atom. The lowest BCUT2D eigenvalue weighted by atomic mass is 10.1. The number of benzene rings is 2. The molecular weight excluding hydrogens is 274 g/mol. The maximum atomic E-state index is 11.6. The molecule has 3 heteroatoms. The summed E-state index contributed by atoms with van der Waals surface area (Å²) in [6.45, 7) is 7.97. The van der Waals surface area contributed by atoms with E-state index in [1.807, 2.05) is 68.5 Å². The van der Waals surface area contributed by atoms with Crippen LogP contribution in [-0.4, -0.2) is 17.0 Å². The molecule has 2 rings (SSSR count). The van der Waals surface area contributed by atoms with Crippen LogP contribution in [0.25, 0.3) is 6.08 Å². The van der Waals surface area contributed by atoms with Crippen molar-refractivity contribution in [3.8, 4) is 5.75 Å². The maximum Gasteiger partial charge on any atom is 0.182 e. The highest BCUT2D eigenvalue weighted by atomic mass is 16.5. The van der Waals surface area contributed by atoms with Crippen LogP contribution in [-0.2, 0) is 6.61 Å². The van der Waals surface area contributed by atoms with Crippen LogP contribution in [0.4, 0.5) is 0 Å². The van der Waals surface area contributed by atoms with Crippen molar-refractivity contribution in [3.63, 3.8) is 0 Å². The third-order valence-electron chi connectivity index (χ3n) is 3.29. The van der Waals surface area contributed by atoms with E-state index in [0.717, 1.165) is 27.2 Å². The van der Waals surface area contributed by atoms with E-state index < -0.39 is 0 Å². The van der Waals surface area contributed by atoms with E-state index in [1.54, 1.807) is 6.21 Å². The van der Waals surface area contributed by atoms with Gasteiger partial charge in [0.1, 0.15) is 12.4 Å². The summed E-state index contributed by atoms with van der Waals surface area (Å²) in [4.78, 5) is 0. The molecule has 22 heavy (non-hydrogen) atoms. The predicted molar refractivity (Wildman–Crippen MR) is 91.2 cm³/mol. The first-order valence-electron chi connectivity index (χ1n) is 7.33. The van der Waals surface area contributed by atoms with Crippen LogP contribution in [0.1, 0.15) is 30.5 Å². The summed E-state index contributed by atoms with van der Waals surface area (Å²) in [5.41, 5.74) is 3.06. The standard InChI is InChI=1S/C19H21NO2/c1-4-16-5-7-18(8-6-16)14-22-19-11-9-17(10-12-19)13-20(21)15(2)3/h4-13,15H,1,14H2,2-3H3/b20-13-. The highest BCUT2D eigenvalue weighted by Crippen LogP contribution is 2.14. The van der Waals surface area contributed by atoms with Crippen LogP contribution in [0.3, 0.4) is 0 Å². The Bertz CT molecular complexity index is 640. The molecule has 0 bridgehead atoms. The first kappa shape index (κ1) is 15.8. The quantitative estimate of drug-likeness (QED) is 0.346. The molecule has 0 aliphatic rings. The highest BCUT2D eigenvalue weighted by molar-refractivity contribution is 5.75. The summed E-state index contributed by atoms with van der Waals surface area (Å²) in [7, 11) is 0. The zero-order chi connectivity index (χ0) is 15.9. The second-order valence-corrected chi connectivity index (χ2v) is 5.39. The zero-order valence-electron chi connectivity index (χ0n) is 13.0. The zero-order valence-corrected chi connectivity index (χ0v) is 13.0. The molecule has 114 valence electrons. The third-order valence-corrected chi connectivity index (χ3v) is 3.29. The molecule has 3 nitrogen and oxygen atoms in total. The van der Waals surface area contributed by atoms with Crippen molar-refractivity contribution < 1.29 is 9.48 Å². The van der Waals surface area contributed by atoms with Crippen molar-refractivity contribution in [1.82, 2.24) is 0 Å². The number of hydrogen-bond acceptors (Lipinski definition) is 2. The summed E-state index contributed by atoms with van der Waals surface area (Å²) in [5.74, 6) is 0.784. The van der Waals surface area contributed by atoms with Crippen molar-refractivity contribution in [2.24, 2.45) is 0 Å². The highest BCUT2D eigenvalue weighted by Gasteiger charge is 2.02. The van der Waals surface area contributed by atoms with Crippen molar-refractivity contribution in [2.45, 2.75) is 26.5 Å². The van der Waals surface area contributed by atoms with Gasteiger partial charge in [-0.15, -0.1) is 0 Å². The molecule has 0 saturated carbocycles. The van der Waals surface area contributed by atoms with Crippen LogP contribution < -0.4 is 4.74 Å². The van der Waals surface area contributed by atoms with Crippen LogP contribution in [0.2, 0.25) is 0 Å². The molecule has 0 spiro atoms. The minimum Gasteiger partial charge on any atom is -0.624 e. The molecule has 0 aromatic heterocycles. The predicted octanol–water partition coefficient (Wildman–Crippen LogP) is 4.25. The van der Waals surface area contributed by atoms with Gasteiger partial charge in [-0.3, -0.25) is 0 Å². The number of ether oxygens (including phenoxy) is 1. The number of nitrogens with zero attached hydrogens (tertiary/aromatic N) is 1. The van der Waals surface area contributed by atoms with Crippen LogP contribution in [0, 0.1) is 5.21 Å². The smallest absolute Gasteiger partial charge is 0.182 e. The third kappa shape index (κ3) is 4.48. The molecule has 0 heterocycles. The Morgan fingerprint density at radius 1 is 1.05 bits per heavy atom. The van der Waals surface area contributed by atoms with Crippen molar-refractivity contribution >= 4 is 12.3 Å². The lowest BCUT2D eigenvalue weighted by Crippen LogP contribution is -2.14. The van der Waals surface area contributed by atoms with Gasteiger partial charge in [0.15, 0.2) is 12.3 Å². The van der Waals surface area contributed by atoms with Gasteiger partial charge in [-0.25, -0.2) is 4.74 Å². The fourth-order valence-corrected chi connectivity index (χ4v) is 1.86. The monoisotopic (exact) mass is 295 g/mol. The average Bonchev–Trinajstić information content (AvgIpc) is 2.54. The summed E-state index contributed by atoms with van der Waals surface area (Å²) < 4.78 is 6.68. The minimum absolute atomic E-state index is 0.0607. The minimum atomic E-state index is -0.0607. The SMILES string of the molecule is C=Cc1ccc(COc2ccc(/C=[N+](\[O-])C(C)C)cc2)cc1. The number of rotatable bonds is 6. The molecule has 0 amide bonds. The molecule has 0 N–H and O–H groups in total. The fraction of sp³-hybridized carbons (Fsp3) is 0.211. The molecule has 0 saturated heterocycles. The van der Waals surface area contributed by atoms with Gasteiger partial charge >= 0.3 is 0 Å². The van der Waals surface area contributed by atoms with Crippen molar-refractivity contribution in [1.29, 1.82) is 0 Å². The summed E-state index contributed by atoms with van der Waals surface area (Å²) in [5, 5.41) is 11.6. The van der Waals surface area contributed by atoms with Gasteiger partial charge in [-0.1, -0.05) is 36.9 Å². The van der Waals surface area contributed by atoms with Gasteiger partial charge in [0.2, 0.25) is 0 Å². The molecule has 0 fully saturated rings. The van der Waals surface area contributed by atoms with E-state index in [1.165, 1.54) is 0 Å². The number of hydroxylamine groups is 1. The van der Waals surface area contributed by atoms with Gasteiger partial charge in [0.05, 0.1) is 0 Å². The Hall–Kier alpha value is -2.55. The summed E-state index contributed by atoms with van der Waals surface area (Å²) in [6.07, 6.45) is 3.40. The molecular formula is C19H21NO2. The Kier molecular flexibility index (Phi) is 5.37. The van der Waals surface area contributed by atoms with E-state index in [0.29, 0.717) is 6.61 Å². The van der Waals surface area contributed by atoms with Gasteiger partial charge in [-0.05, 0) is 49.2 Å². The van der Waals surface area contributed by atoms with Gasteiger partial charge in [0, 0.05) is 5.56 Å². The van der Waals surface area contributed by atoms with Crippen molar-refractivity contribution in [3.05, 3.63) is 77.0 Å². The normalized spacial score (nSPS) is 11.5. The first-order valence-corrected chi connectivity index (χ1v) is 7.33. The van der Waals surface area contributed by atoms with E-state index in [-0.39, 0.29) is 6.04 Å². The van der Waals surface area contributed by atoms with Gasteiger partial charge in [-0.2, -0.15) is 0 Å². The molecule has 0 radical (unpaired) electrons. The van der Waals surface area contributed by atoms with Crippen molar-refractivity contribution in [2.75, 3.05) is 0 Å². The fourth-order valence-electron chi connectivity index (χ4n) is 1.86. The number of hydrogen-bond donors (Lipinski definition) is 0. The lowest BCUT2D eigenvalue weighted by molar-refractivity contribution is -0.487. The van der Waals surface area contributed by atoms with E-state index in [9.17, 15) is 5.21 Å². The van der Waals surface area contributed by atoms with Crippen LogP contribution in [0.5, 0.6) is 5.75 Å². The topological polar surface area (TPSA) is 35.3 Å². The Labute approximate surface area is 131 Å². The van der Waals surface area contributed by atoms with Gasteiger partial charge < -0.3 is 9.94 Å². The summed E-state index contributed by atoms with van der Waals surface area (Å²) >= 11 is 0. The Morgan fingerprint density at radius 2 is 1.64 bits per heavy atom. The molecule has 0 aliphatic carbocycles. The molecule has 0 atom stereocenters. The Balaban J connectivity index is 1.96. The first-order chi connectivity index (χ1) is 10.6. The molecule has 0 aliphatic heterocycles. The summed E-state index contributed by atoms with van der Waals surface area (Å²) in [6, 6.07) is 15.5. The average molecular weight is 295 g/mol. The molecule has 0 unspecified atom stereocenters. The van der Waals surface area contributed by atoms with Crippen LogP contribution >= 0.6 is 0 Å². The van der Waals surface area contributed by atoms with E-state index >= 15 is 0 Å².